The van der Waals surface area contributed by atoms with Gasteiger partial charge in [-0.2, -0.15) is 0 Å². The molecule has 0 unspecified atom stereocenters. The number of nitrogens with one attached hydrogen (secondary N) is 2. The molecule has 4 aromatic rings. The van der Waals surface area contributed by atoms with Crippen LogP contribution in [0.4, 0.5) is 0 Å². The molecule has 0 saturated carbocycles. The summed E-state index contributed by atoms with van der Waals surface area (Å²) in [6.45, 7) is 0. The molecular weight excluding hydrogens is 222 g/mol. The molecule has 3 nitrogen and oxygen atoms in total. The van der Waals surface area contributed by atoms with E-state index in [-0.39, 0.29) is 0 Å². The summed E-state index contributed by atoms with van der Waals surface area (Å²) < 4.78 is 0. The Balaban J connectivity index is 0.000000111. The van der Waals surface area contributed by atoms with E-state index in [0.29, 0.717) is 0 Å². The van der Waals surface area contributed by atoms with Crippen LogP contribution in [0.5, 0.6) is 0 Å². The van der Waals surface area contributed by atoms with E-state index in [1.165, 1.54) is 10.8 Å². The second-order valence-corrected chi connectivity index (χ2v) is 4.02. The normalized spacial score (nSPS) is 10.2. The smallest absolute Gasteiger partial charge is 0.0876 e. The Morgan fingerprint density at radius 1 is 0.667 bits per heavy atom. The van der Waals surface area contributed by atoms with Crippen LogP contribution >= 0.6 is 0 Å². The van der Waals surface area contributed by atoms with Crippen molar-refractivity contribution in [3.8, 4) is 0 Å². The van der Waals surface area contributed by atoms with E-state index >= 15 is 0 Å². The minimum Gasteiger partial charge on any atom is -0.366 e. The van der Waals surface area contributed by atoms with Crippen molar-refractivity contribution < 1.29 is 0 Å². The third kappa shape index (κ3) is 2.11. The lowest BCUT2D eigenvalue weighted by Gasteiger charge is -1.81. The third-order valence-corrected chi connectivity index (χ3v) is 2.80. The summed E-state index contributed by atoms with van der Waals surface area (Å²) in [5.41, 5.74) is 1.03. The molecule has 3 heterocycles. The fraction of sp³-hybridized carbons (Fsp3) is 0. The van der Waals surface area contributed by atoms with Crippen LogP contribution in [-0.4, -0.2) is 15.0 Å². The van der Waals surface area contributed by atoms with Gasteiger partial charge in [-0.1, -0.05) is 24.3 Å². The van der Waals surface area contributed by atoms with Gasteiger partial charge in [0, 0.05) is 36.4 Å². The van der Waals surface area contributed by atoms with Gasteiger partial charge in [-0.3, -0.25) is 4.98 Å². The summed E-state index contributed by atoms with van der Waals surface area (Å²) in [7, 11) is 0. The fourth-order valence-corrected chi connectivity index (χ4v) is 1.88. The van der Waals surface area contributed by atoms with Crippen molar-refractivity contribution in [2.24, 2.45) is 0 Å². The summed E-state index contributed by atoms with van der Waals surface area (Å²) in [6, 6.07) is 12.2. The molecule has 0 radical (unpaired) electrons. The Kier molecular flexibility index (Phi) is 2.80. The monoisotopic (exact) mass is 235 g/mol. The third-order valence-electron chi connectivity index (χ3n) is 2.80. The second-order valence-electron chi connectivity index (χ2n) is 4.02. The van der Waals surface area contributed by atoms with Crippen LogP contribution in [0, 0.1) is 0 Å². The molecule has 0 aliphatic rings. The number of benzene rings is 1. The van der Waals surface area contributed by atoms with Gasteiger partial charge in [0.15, 0.2) is 0 Å². The summed E-state index contributed by atoms with van der Waals surface area (Å²) in [5.74, 6) is 0. The van der Waals surface area contributed by atoms with Crippen molar-refractivity contribution >= 4 is 21.7 Å². The van der Waals surface area contributed by atoms with Gasteiger partial charge in [-0.15, -0.1) is 0 Å². The Hall–Kier alpha value is -2.55. The minimum atomic E-state index is 1.03. The molecular formula is C15H13N3. The van der Waals surface area contributed by atoms with E-state index in [1.807, 2.05) is 49.1 Å². The number of aromatic amines is 2. The van der Waals surface area contributed by atoms with Gasteiger partial charge in [0.1, 0.15) is 0 Å². The number of hydrogen-bond acceptors (Lipinski definition) is 1. The van der Waals surface area contributed by atoms with Crippen molar-refractivity contribution in [1.82, 2.24) is 15.0 Å². The molecule has 0 aliphatic heterocycles. The Labute approximate surface area is 104 Å². The predicted molar refractivity (Wildman–Crippen MR) is 74.4 cm³/mol. The fourth-order valence-electron chi connectivity index (χ4n) is 1.88. The van der Waals surface area contributed by atoms with Crippen LogP contribution in [0.15, 0.2) is 67.4 Å². The Morgan fingerprint density at radius 3 is 2.00 bits per heavy atom. The van der Waals surface area contributed by atoms with E-state index in [2.05, 4.69) is 27.1 Å². The van der Waals surface area contributed by atoms with Crippen molar-refractivity contribution in [1.29, 1.82) is 0 Å². The topological polar surface area (TPSA) is 44.5 Å². The molecule has 0 amide bonds. The lowest BCUT2D eigenvalue weighted by atomic mass is 10.2. The first-order valence-corrected chi connectivity index (χ1v) is 5.82. The molecule has 0 aliphatic carbocycles. The van der Waals surface area contributed by atoms with Gasteiger partial charge in [0.2, 0.25) is 0 Å². The average Bonchev–Trinajstić information content (AvgIpc) is 3.08. The number of pyridine rings is 1. The van der Waals surface area contributed by atoms with Crippen molar-refractivity contribution in [3.05, 3.63) is 67.4 Å². The van der Waals surface area contributed by atoms with Crippen LogP contribution < -0.4 is 0 Å². The lowest BCUT2D eigenvalue weighted by molar-refractivity contribution is 1.39. The predicted octanol–water partition coefficient (Wildman–Crippen LogP) is 3.73. The highest BCUT2D eigenvalue weighted by Crippen LogP contribution is 2.10. The number of H-pyrrole nitrogens is 2. The van der Waals surface area contributed by atoms with Gasteiger partial charge in [-0.05, 0) is 22.9 Å². The molecule has 18 heavy (non-hydrogen) atoms. The van der Waals surface area contributed by atoms with Crippen LogP contribution in [0.25, 0.3) is 21.7 Å². The van der Waals surface area contributed by atoms with Crippen LogP contribution in [0.3, 0.4) is 0 Å². The van der Waals surface area contributed by atoms with Gasteiger partial charge < -0.3 is 9.97 Å². The molecule has 88 valence electrons. The molecule has 3 aromatic heterocycles. The molecule has 4 rings (SSSR count). The molecule has 1 aromatic carbocycles. The van der Waals surface area contributed by atoms with E-state index < -0.39 is 0 Å². The van der Waals surface area contributed by atoms with Gasteiger partial charge >= 0.3 is 0 Å². The zero-order valence-corrected chi connectivity index (χ0v) is 9.80. The molecule has 3 heteroatoms. The average molecular weight is 235 g/mol. The highest BCUT2D eigenvalue weighted by atomic mass is 14.7. The minimum absolute atomic E-state index is 1.03. The maximum atomic E-state index is 4.11. The van der Waals surface area contributed by atoms with Gasteiger partial charge in [0.05, 0.1) is 5.52 Å². The first-order chi connectivity index (χ1) is 8.93. The maximum Gasteiger partial charge on any atom is 0.0876 e. The largest absolute Gasteiger partial charge is 0.366 e. The highest BCUT2D eigenvalue weighted by Gasteiger charge is 1.88. The number of nitrogens with zero attached hydrogens (tertiary/aromatic N) is 1. The van der Waals surface area contributed by atoms with Gasteiger partial charge in [0.25, 0.3) is 0 Å². The Bertz CT molecular complexity index is 626. The molecule has 0 bridgehead atoms. The first kappa shape index (κ1) is 10.6. The zero-order valence-electron chi connectivity index (χ0n) is 9.80. The molecule has 0 saturated heterocycles. The molecule has 0 spiro atoms. The second kappa shape index (κ2) is 4.75. The maximum absolute atomic E-state index is 4.11. The molecule has 0 atom stereocenters. The van der Waals surface area contributed by atoms with Crippen LogP contribution in [-0.2, 0) is 0 Å². The van der Waals surface area contributed by atoms with Gasteiger partial charge in [-0.25, -0.2) is 0 Å². The van der Waals surface area contributed by atoms with Crippen molar-refractivity contribution in [2.45, 2.75) is 0 Å². The zero-order chi connectivity index (χ0) is 12.2. The summed E-state index contributed by atoms with van der Waals surface area (Å²) >= 11 is 0. The van der Waals surface area contributed by atoms with Crippen molar-refractivity contribution in [2.75, 3.05) is 0 Å². The van der Waals surface area contributed by atoms with E-state index in [0.717, 1.165) is 10.9 Å². The molecule has 2 N–H and O–H groups in total. The highest BCUT2D eigenvalue weighted by molar-refractivity contribution is 5.81. The summed E-state index contributed by atoms with van der Waals surface area (Å²) in [5, 5.41) is 3.72. The van der Waals surface area contributed by atoms with Crippen LogP contribution in [0.1, 0.15) is 0 Å². The SMILES string of the molecule is c1ccc2c[nH]cc2c1.c1cnc2c[nH]cc2c1. The van der Waals surface area contributed by atoms with Crippen molar-refractivity contribution in [3.63, 3.8) is 0 Å². The van der Waals surface area contributed by atoms with E-state index in [1.54, 1.807) is 6.20 Å². The number of hydrogen-bond donors (Lipinski definition) is 2. The van der Waals surface area contributed by atoms with E-state index in [9.17, 15) is 0 Å². The summed E-state index contributed by atoms with van der Waals surface area (Å²) in [6.07, 6.45) is 9.60. The number of rotatable bonds is 0. The Morgan fingerprint density at radius 2 is 1.28 bits per heavy atom. The quantitative estimate of drug-likeness (QED) is 0.479. The van der Waals surface area contributed by atoms with E-state index in [4.69, 9.17) is 0 Å². The number of fused-ring (bicyclic) bond motifs is 2. The lowest BCUT2D eigenvalue weighted by Crippen LogP contribution is -1.66. The van der Waals surface area contributed by atoms with Crippen LogP contribution in [0.2, 0.25) is 0 Å². The number of aromatic nitrogens is 3. The first-order valence-electron chi connectivity index (χ1n) is 5.82. The standard InChI is InChI=1S/C8H7N.C7H6N2/c1-2-4-8-6-9-5-7(8)3-1;1-2-6-4-8-5-7(6)9-3-1/h1-6,9H;1-5,8H. The summed E-state index contributed by atoms with van der Waals surface area (Å²) in [4.78, 5) is 10.1. The molecule has 0 fully saturated rings.